The summed E-state index contributed by atoms with van der Waals surface area (Å²) in [5, 5.41) is 3.50. The lowest BCUT2D eigenvalue weighted by Crippen LogP contribution is -2.36. The van der Waals surface area contributed by atoms with Crippen LogP contribution in [0.15, 0.2) is 18.2 Å². The van der Waals surface area contributed by atoms with Crippen molar-refractivity contribution in [2.75, 3.05) is 25.5 Å². The molecule has 0 spiro atoms. The fraction of sp³-hybridized carbons (Fsp3) is 0.588. The zero-order valence-electron chi connectivity index (χ0n) is 14.1. The molecule has 1 atom stereocenters. The molecule has 1 aromatic rings. The van der Waals surface area contributed by atoms with Gasteiger partial charge < -0.3 is 19.7 Å². The molecule has 1 N–H and O–H groups in total. The molecule has 1 aliphatic heterocycles. The third kappa shape index (κ3) is 4.06. The standard InChI is InChI=1S/C17H26N2O3/c1-12-14(7-6-8-15(12)21-5)18-13-9-10-19(11-13)16(20)22-17(2,3)4/h6-8,13,18H,9-11H2,1-5H3. The van der Waals surface area contributed by atoms with Gasteiger partial charge in [0, 0.05) is 30.4 Å². The summed E-state index contributed by atoms with van der Waals surface area (Å²) >= 11 is 0. The number of carbonyl (C=O) groups is 1. The first-order valence-corrected chi connectivity index (χ1v) is 7.68. The van der Waals surface area contributed by atoms with Crippen LogP contribution in [0.25, 0.3) is 0 Å². The number of nitrogens with zero attached hydrogens (tertiary/aromatic N) is 1. The molecule has 0 aromatic heterocycles. The fourth-order valence-electron chi connectivity index (χ4n) is 2.58. The van der Waals surface area contributed by atoms with Crippen molar-refractivity contribution >= 4 is 11.8 Å². The van der Waals surface area contributed by atoms with Crippen molar-refractivity contribution in [3.63, 3.8) is 0 Å². The number of amides is 1. The average Bonchev–Trinajstić information content (AvgIpc) is 2.88. The van der Waals surface area contributed by atoms with Crippen molar-refractivity contribution in [3.05, 3.63) is 23.8 Å². The summed E-state index contributed by atoms with van der Waals surface area (Å²) in [6.45, 7) is 9.06. The van der Waals surface area contributed by atoms with Gasteiger partial charge in [-0.2, -0.15) is 0 Å². The van der Waals surface area contributed by atoms with Crippen LogP contribution in [0.4, 0.5) is 10.5 Å². The summed E-state index contributed by atoms with van der Waals surface area (Å²) < 4.78 is 10.8. The van der Waals surface area contributed by atoms with E-state index in [-0.39, 0.29) is 12.1 Å². The minimum Gasteiger partial charge on any atom is -0.496 e. The molecule has 1 amide bonds. The molecule has 0 saturated carbocycles. The first kappa shape index (κ1) is 16.5. The number of likely N-dealkylation sites (tertiary alicyclic amines) is 1. The summed E-state index contributed by atoms with van der Waals surface area (Å²) in [5.74, 6) is 0.868. The topological polar surface area (TPSA) is 50.8 Å². The van der Waals surface area contributed by atoms with Crippen molar-refractivity contribution in [1.82, 2.24) is 4.90 Å². The van der Waals surface area contributed by atoms with Gasteiger partial charge in [0.15, 0.2) is 0 Å². The molecule has 1 aliphatic rings. The minimum atomic E-state index is -0.452. The molecule has 122 valence electrons. The third-order valence-electron chi connectivity index (χ3n) is 3.70. The van der Waals surface area contributed by atoms with Crippen molar-refractivity contribution in [2.24, 2.45) is 0 Å². The van der Waals surface area contributed by atoms with Gasteiger partial charge in [-0.05, 0) is 46.2 Å². The van der Waals surface area contributed by atoms with Crippen LogP contribution in [-0.4, -0.2) is 42.8 Å². The highest BCUT2D eigenvalue weighted by Crippen LogP contribution is 2.27. The number of benzene rings is 1. The van der Waals surface area contributed by atoms with Crippen LogP contribution in [-0.2, 0) is 4.74 Å². The first-order valence-electron chi connectivity index (χ1n) is 7.68. The maximum Gasteiger partial charge on any atom is 0.410 e. The molecule has 0 aliphatic carbocycles. The molecular formula is C17H26N2O3. The fourth-order valence-corrected chi connectivity index (χ4v) is 2.58. The van der Waals surface area contributed by atoms with Gasteiger partial charge in [0.1, 0.15) is 11.4 Å². The van der Waals surface area contributed by atoms with Gasteiger partial charge in [-0.3, -0.25) is 0 Å². The molecule has 1 saturated heterocycles. The van der Waals surface area contributed by atoms with E-state index in [0.717, 1.165) is 30.0 Å². The van der Waals surface area contributed by atoms with Crippen LogP contribution in [0.2, 0.25) is 0 Å². The second-order valence-corrected chi connectivity index (χ2v) is 6.69. The molecule has 5 nitrogen and oxygen atoms in total. The van der Waals surface area contributed by atoms with E-state index in [4.69, 9.17) is 9.47 Å². The van der Waals surface area contributed by atoms with E-state index in [1.54, 1.807) is 12.0 Å². The molecule has 1 aromatic carbocycles. The number of hydrogen-bond acceptors (Lipinski definition) is 4. The first-order chi connectivity index (χ1) is 10.3. The molecular weight excluding hydrogens is 280 g/mol. The largest absolute Gasteiger partial charge is 0.496 e. The molecule has 5 heteroatoms. The van der Waals surface area contributed by atoms with Gasteiger partial charge in [0.2, 0.25) is 0 Å². The van der Waals surface area contributed by atoms with Gasteiger partial charge in [0.25, 0.3) is 0 Å². The van der Waals surface area contributed by atoms with Gasteiger partial charge in [-0.15, -0.1) is 0 Å². The van der Waals surface area contributed by atoms with E-state index in [9.17, 15) is 4.79 Å². The molecule has 1 fully saturated rings. The summed E-state index contributed by atoms with van der Waals surface area (Å²) in [7, 11) is 1.67. The summed E-state index contributed by atoms with van der Waals surface area (Å²) in [5.41, 5.74) is 1.68. The number of rotatable bonds is 3. The Morgan fingerprint density at radius 1 is 1.36 bits per heavy atom. The van der Waals surface area contributed by atoms with Gasteiger partial charge >= 0.3 is 6.09 Å². The van der Waals surface area contributed by atoms with E-state index in [2.05, 4.69) is 5.32 Å². The Morgan fingerprint density at radius 3 is 2.73 bits per heavy atom. The lowest BCUT2D eigenvalue weighted by molar-refractivity contribution is 0.0293. The number of carbonyl (C=O) groups excluding carboxylic acids is 1. The lowest BCUT2D eigenvalue weighted by Gasteiger charge is -2.24. The lowest BCUT2D eigenvalue weighted by atomic mass is 10.1. The van der Waals surface area contributed by atoms with Crippen molar-refractivity contribution in [3.8, 4) is 5.75 Å². The van der Waals surface area contributed by atoms with Crippen LogP contribution >= 0.6 is 0 Å². The maximum atomic E-state index is 12.1. The predicted molar refractivity (Wildman–Crippen MR) is 87.6 cm³/mol. The molecule has 0 radical (unpaired) electrons. The number of methoxy groups -OCH3 is 1. The summed E-state index contributed by atoms with van der Waals surface area (Å²) in [4.78, 5) is 13.8. The Kier molecular flexibility index (Phi) is 4.84. The normalized spacial score (nSPS) is 18.2. The average molecular weight is 306 g/mol. The summed E-state index contributed by atoms with van der Waals surface area (Å²) in [6, 6.07) is 6.18. The van der Waals surface area contributed by atoms with Crippen LogP contribution in [0.1, 0.15) is 32.8 Å². The predicted octanol–water partition coefficient (Wildman–Crippen LogP) is 3.42. The Labute approximate surface area is 132 Å². The Morgan fingerprint density at radius 2 is 2.09 bits per heavy atom. The van der Waals surface area contributed by atoms with E-state index >= 15 is 0 Å². The monoisotopic (exact) mass is 306 g/mol. The Balaban J connectivity index is 1.96. The van der Waals surface area contributed by atoms with Crippen molar-refractivity contribution in [1.29, 1.82) is 0 Å². The maximum absolute atomic E-state index is 12.1. The van der Waals surface area contributed by atoms with Gasteiger partial charge in [-0.25, -0.2) is 4.79 Å². The van der Waals surface area contributed by atoms with Crippen LogP contribution in [0.3, 0.4) is 0 Å². The van der Waals surface area contributed by atoms with E-state index in [1.807, 2.05) is 45.9 Å². The zero-order chi connectivity index (χ0) is 16.3. The Hall–Kier alpha value is -1.91. The van der Waals surface area contributed by atoms with Crippen LogP contribution < -0.4 is 10.1 Å². The number of ether oxygens (including phenoxy) is 2. The second-order valence-electron chi connectivity index (χ2n) is 6.69. The highest BCUT2D eigenvalue weighted by atomic mass is 16.6. The molecule has 2 rings (SSSR count). The molecule has 0 bridgehead atoms. The highest BCUT2D eigenvalue weighted by molar-refractivity contribution is 5.69. The van der Waals surface area contributed by atoms with Gasteiger partial charge in [-0.1, -0.05) is 6.07 Å². The molecule has 1 unspecified atom stereocenters. The number of hydrogen-bond donors (Lipinski definition) is 1. The van der Waals surface area contributed by atoms with E-state index in [1.165, 1.54) is 0 Å². The third-order valence-corrected chi connectivity index (χ3v) is 3.70. The van der Waals surface area contributed by atoms with Crippen molar-refractivity contribution < 1.29 is 14.3 Å². The van der Waals surface area contributed by atoms with Crippen LogP contribution in [0.5, 0.6) is 5.75 Å². The number of nitrogens with one attached hydrogen (secondary N) is 1. The van der Waals surface area contributed by atoms with Crippen molar-refractivity contribution in [2.45, 2.75) is 45.8 Å². The van der Waals surface area contributed by atoms with Gasteiger partial charge in [0.05, 0.1) is 7.11 Å². The zero-order valence-corrected chi connectivity index (χ0v) is 14.1. The van der Waals surface area contributed by atoms with E-state index in [0.29, 0.717) is 6.54 Å². The molecule has 22 heavy (non-hydrogen) atoms. The summed E-state index contributed by atoms with van der Waals surface area (Å²) in [6.07, 6.45) is 0.676. The minimum absolute atomic E-state index is 0.235. The quantitative estimate of drug-likeness (QED) is 0.929. The number of anilines is 1. The molecule has 1 heterocycles. The highest BCUT2D eigenvalue weighted by Gasteiger charge is 2.29. The SMILES string of the molecule is COc1cccc(NC2CCN(C(=O)OC(C)(C)C)C2)c1C. The van der Waals surface area contributed by atoms with Crippen LogP contribution in [0, 0.1) is 6.92 Å². The Bertz CT molecular complexity index is 537. The smallest absolute Gasteiger partial charge is 0.410 e. The van der Waals surface area contributed by atoms with E-state index < -0.39 is 5.60 Å². The second kappa shape index (κ2) is 6.46.